The molecule has 0 fully saturated rings. The van der Waals surface area contributed by atoms with E-state index in [-0.39, 0.29) is 12.6 Å². The minimum Gasteiger partial charge on any atom is -0.386 e. The van der Waals surface area contributed by atoms with E-state index in [1.165, 1.54) is 11.3 Å². The Labute approximate surface area is 113 Å². The van der Waals surface area contributed by atoms with Crippen molar-refractivity contribution >= 4 is 28.7 Å². The molecule has 0 radical (unpaired) electrons. The van der Waals surface area contributed by atoms with Gasteiger partial charge < -0.3 is 15.7 Å². The lowest BCUT2D eigenvalue weighted by atomic mass is 10.3. The van der Waals surface area contributed by atoms with Gasteiger partial charge in [0.2, 0.25) is 0 Å². The van der Waals surface area contributed by atoms with E-state index in [2.05, 4.69) is 10.6 Å². The van der Waals surface area contributed by atoms with Crippen LogP contribution in [0.2, 0.25) is 0 Å². The molecule has 18 heavy (non-hydrogen) atoms. The van der Waals surface area contributed by atoms with Gasteiger partial charge in [0, 0.05) is 9.75 Å². The number of thiophene rings is 2. The van der Waals surface area contributed by atoms with Gasteiger partial charge in [0.25, 0.3) is 0 Å². The molecule has 0 aliphatic heterocycles. The van der Waals surface area contributed by atoms with Crippen LogP contribution < -0.4 is 10.6 Å². The van der Waals surface area contributed by atoms with Crippen molar-refractivity contribution in [3.8, 4) is 0 Å². The summed E-state index contributed by atoms with van der Waals surface area (Å²) in [6.45, 7) is 0.732. The van der Waals surface area contributed by atoms with E-state index >= 15 is 0 Å². The molecule has 0 bridgehead atoms. The number of carbonyl (C=O) groups excluding carboxylic acids is 1. The average molecular weight is 282 g/mol. The normalized spacial score (nSPS) is 12.1. The smallest absolute Gasteiger partial charge is 0.315 e. The van der Waals surface area contributed by atoms with Crippen LogP contribution in [-0.4, -0.2) is 17.7 Å². The summed E-state index contributed by atoms with van der Waals surface area (Å²) in [6, 6.07) is 7.37. The van der Waals surface area contributed by atoms with E-state index in [9.17, 15) is 9.90 Å². The quantitative estimate of drug-likeness (QED) is 0.788. The molecule has 3 N–H and O–H groups in total. The lowest BCUT2D eigenvalue weighted by Gasteiger charge is -2.10. The maximum absolute atomic E-state index is 11.5. The molecule has 6 heteroatoms. The molecule has 0 saturated carbocycles. The fourth-order valence-electron chi connectivity index (χ4n) is 1.41. The number of carbonyl (C=O) groups is 1. The van der Waals surface area contributed by atoms with Gasteiger partial charge in [0.1, 0.15) is 6.10 Å². The first-order valence-electron chi connectivity index (χ1n) is 5.51. The zero-order valence-corrected chi connectivity index (χ0v) is 11.3. The number of aliphatic hydroxyl groups is 1. The van der Waals surface area contributed by atoms with Crippen molar-refractivity contribution in [2.24, 2.45) is 0 Å². The molecular formula is C12H14N2O2S2. The zero-order valence-electron chi connectivity index (χ0n) is 9.63. The number of rotatable bonds is 5. The van der Waals surface area contributed by atoms with Crippen LogP contribution >= 0.6 is 22.7 Å². The minimum absolute atomic E-state index is 0.219. The lowest BCUT2D eigenvalue weighted by Crippen LogP contribution is -2.37. The topological polar surface area (TPSA) is 61.4 Å². The second kappa shape index (κ2) is 6.53. The third-order valence-electron chi connectivity index (χ3n) is 2.33. The van der Waals surface area contributed by atoms with Crippen LogP contribution in [0.4, 0.5) is 4.79 Å². The number of amides is 2. The number of hydrogen-bond donors (Lipinski definition) is 3. The summed E-state index contributed by atoms with van der Waals surface area (Å²) < 4.78 is 0. The fraction of sp³-hybridized carbons (Fsp3) is 0.250. The van der Waals surface area contributed by atoms with Crippen LogP contribution in [0.3, 0.4) is 0 Å². The summed E-state index contributed by atoms with van der Waals surface area (Å²) in [5.41, 5.74) is 0. The molecule has 2 aromatic rings. The number of nitrogens with one attached hydrogen (secondary N) is 2. The first-order chi connectivity index (χ1) is 8.75. The van der Waals surface area contributed by atoms with E-state index in [0.717, 1.165) is 9.75 Å². The molecule has 0 spiro atoms. The van der Waals surface area contributed by atoms with Crippen molar-refractivity contribution in [1.82, 2.24) is 10.6 Å². The largest absolute Gasteiger partial charge is 0.386 e. The molecule has 1 atom stereocenters. The lowest BCUT2D eigenvalue weighted by molar-refractivity contribution is 0.176. The molecule has 0 aromatic carbocycles. The van der Waals surface area contributed by atoms with Gasteiger partial charge in [-0.25, -0.2) is 4.79 Å². The van der Waals surface area contributed by atoms with Crippen molar-refractivity contribution in [3.63, 3.8) is 0 Å². The first-order valence-corrected chi connectivity index (χ1v) is 7.27. The van der Waals surface area contributed by atoms with Gasteiger partial charge >= 0.3 is 6.03 Å². The predicted octanol–water partition coefficient (Wildman–Crippen LogP) is 2.34. The monoisotopic (exact) mass is 282 g/mol. The SMILES string of the molecule is O=C(NCc1cccs1)NCC(O)c1cccs1. The van der Waals surface area contributed by atoms with Gasteiger partial charge in [-0.05, 0) is 22.9 Å². The molecule has 2 heterocycles. The van der Waals surface area contributed by atoms with Crippen LogP contribution in [0.25, 0.3) is 0 Å². The zero-order chi connectivity index (χ0) is 12.8. The Morgan fingerprint density at radius 2 is 2.00 bits per heavy atom. The third kappa shape index (κ3) is 3.83. The first kappa shape index (κ1) is 13.1. The molecule has 1 unspecified atom stereocenters. The molecule has 2 amide bonds. The Kier molecular flexibility index (Phi) is 4.74. The Morgan fingerprint density at radius 1 is 1.22 bits per heavy atom. The summed E-state index contributed by atoms with van der Waals surface area (Å²) in [5.74, 6) is 0. The molecule has 4 nitrogen and oxygen atoms in total. The van der Waals surface area contributed by atoms with Gasteiger partial charge in [-0.3, -0.25) is 0 Å². The van der Waals surface area contributed by atoms with Crippen LogP contribution in [0.15, 0.2) is 35.0 Å². The summed E-state index contributed by atoms with van der Waals surface area (Å²) in [4.78, 5) is 13.4. The predicted molar refractivity (Wildman–Crippen MR) is 73.8 cm³/mol. The number of aliphatic hydroxyl groups excluding tert-OH is 1. The second-order valence-corrected chi connectivity index (χ2v) is 5.69. The fourth-order valence-corrected chi connectivity index (χ4v) is 2.77. The molecule has 2 rings (SSSR count). The highest BCUT2D eigenvalue weighted by atomic mass is 32.1. The number of hydrogen-bond acceptors (Lipinski definition) is 4. The summed E-state index contributed by atoms with van der Waals surface area (Å²) in [6.07, 6.45) is -0.641. The third-order valence-corrected chi connectivity index (χ3v) is 4.18. The second-order valence-electron chi connectivity index (χ2n) is 3.67. The van der Waals surface area contributed by atoms with Crippen molar-refractivity contribution in [3.05, 3.63) is 44.8 Å². The van der Waals surface area contributed by atoms with Gasteiger partial charge in [-0.15, -0.1) is 22.7 Å². The van der Waals surface area contributed by atoms with Gasteiger partial charge in [-0.1, -0.05) is 12.1 Å². The molecule has 96 valence electrons. The Balaban J connectivity index is 1.68. The Hall–Kier alpha value is -1.37. The molecule has 0 aliphatic carbocycles. The van der Waals surface area contributed by atoms with E-state index < -0.39 is 6.10 Å². The van der Waals surface area contributed by atoms with Crippen LogP contribution in [0.1, 0.15) is 15.9 Å². The summed E-state index contributed by atoms with van der Waals surface area (Å²) in [7, 11) is 0. The van der Waals surface area contributed by atoms with E-state index in [4.69, 9.17) is 0 Å². The number of urea groups is 1. The van der Waals surface area contributed by atoms with Crippen LogP contribution in [0.5, 0.6) is 0 Å². The van der Waals surface area contributed by atoms with Gasteiger partial charge in [0.15, 0.2) is 0 Å². The molecule has 0 saturated heterocycles. The highest BCUT2D eigenvalue weighted by Crippen LogP contribution is 2.17. The standard InChI is InChI=1S/C12H14N2O2S2/c15-10(11-4-2-6-18-11)8-14-12(16)13-7-9-3-1-5-17-9/h1-6,10,15H,7-8H2,(H2,13,14,16). The molecular weight excluding hydrogens is 268 g/mol. The summed E-state index contributed by atoms with van der Waals surface area (Å²) >= 11 is 3.07. The van der Waals surface area contributed by atoms with Crippen LogP contribution in [0, 0.1) is 0 Å². The van der Waals surface area contributed by atoms with Gasteiger partial charge in [0.05, 0.1) is 13.1 Å². The minimum atomic E-state index is -0.641. The maximum atomic E-state index is 11.5. The van der Waals surface area contributed by atoms with E-state index in [0.29, 0.717) is 6.54 Å². The van der Waals surface area contributed by atoms with Crippen molar-refractivity contribution in [2.75, 3.05) is 6.54 Å². The Bertz CT molecular complexity index is 468. The Morgan fingerprint density at radius 3 is 2.67 bits per heavy atom. The maximum Gasteiger partial charge on any atom is 0.315 e. The van der Waals surface area contributed by atoms with Crippen molar-refractivity contribution in [1.29, 1.82) is 0 Å². The van der Waals surface area contributed by atoms with Crippen LogP contribution in [-0.2, 0) is 6.54 Å². The average Bonchev–Trinajstić information content (AvgIpc) is 3.05. The molecule has 0 aliphatic rings. The van der Waals surface area contributed by atoms with Crippen molar-refractivity contribution in [2.45, 2.75) is 12.6 Å². The molecule has 2 aromatic heterocycles. The highest BCUT2D eigenvalue weighted by Gasteiger charge is 2.09. The van der Waals surface area contributed by atoms with E-state index in [1.807, 2.05) is 35.0 Å². The summed E-state index contributed by atoms with van der Waals surface area (Å²) in [5, 5.41) is 19.0. The van der Waals surface area contributed by atoms with Gasteiger partial charge in [-0.2, -0.15) is 0 Å². The van der Waals surface area contributed by atoms with E-state index in [1.54, 1.807) is 11.3 Å². The highest BCUT2D eigenvalue weighted by molar-refractivity contribution is 7.10. The van der Waals surface area contributed by atoms with Crippen molar-refractivity contribution < 1.29 is 9.90 Å².